The number of aromatic hydroxyl groups is 2. The number of hydrogen-bond acceptors (Lipinski definition) is 6. The summed E-state index contributed by atoms with van der Waals surface area (Å²) in [7, 11) is 0. The largest absolute Gasteiger partial charge is 0.506 e. The molecule has 4 nitrogen and oxygen atoms in total. The Hall–Kier alpha value is -3.32. The highest BCUT2D eigenvalue weighted by Crippen LogP contribution is 2.67. The normalized spacial score (nSPS) is 19.2. The summed E-state index contributed by atoms with van der Waals surface area (Å²) < 4.78 is 0.491. The predicted molar refractivity (Wildman–Crippen MR) is 115 cm³/mol. The maximum absolute atomic E-state index is 11.4. The van der Waals surface area contributed by atoms with Gasteiger partial charge in [-0.3, -0.25) is 0 Å². The minimum absolute atomic E-state index is 0.00693. The molecule has 0 unspecified atom stereocenters. The molecule has 0 fully saturated rings. The van der Waals surface area contributed by atoms with Crippen molar-refractivity contribution in [2.75, 3.05) is 0 Å². The van der Waals surface area contributed by atoms with Gasteiger partial charge < -0.3 is 10.2 Å². The van der Waals surface area contributed by atoms with Crippen molar-refractivity contribution >= 4 is 23.5 Å². The van der Waals surface area contributed by atoms with Crippen LogP contribution >= 0.6 is 23.5 Å². The Morgan fingerprint density at radius 2 is 1.07 bits per heavy atom. The first kappa shape index (κ1) is 17.5. The summed E-state index contributed by atoms with van der Waals surface area (Å²) in [6, 6.07) is 20.2. The number of hydrogen-bond donors (Lipinski definition) is 2. The van der Waals surface area contributed by atoms with Gasteiger partial charge in [-0.1, -0.05) is 72.1 Å². The lowest BCUT2D eigenvalue weighted by Gasteiger charge is -2.42. The fraction of sp³-hybridized carbons (Fsp3) is 0.0833. The molecule has 1 aliphatic heterocycles. The number of phenolic OH excluding ortho intramolecular Hbond substituents is 2. The van der Waals surface area contributed by atoms with Crippen LogP contribution in [0.15, 0.2) is 68.1 Å². The minimum Gasteiger partial charge on any atom is -0.506 e. The third-order valence-corrected chi connectivity index (χ3v) is 8.68. The van der Waals surface area contributed by atoms with Crippen molar-refractivity contribution in [2.24, 2.45) is 0 Å². The SMILES string of the molecule is N#CC(C#N)=C1Sc2c(O)c3c(c(O)c2S1)C1c2ccccc2C3c2ccccc21. The summed E-state index contributed by atoms with van der Waals surface area (Å²) in [5.74, 6) is -0.0589. The van der Waals surface area contributed by atoms with E-state index in [4.69, 9.17) is 0 Å². The molecule has 3 aromatic rings. The van der Waals surface area contributed by atoms with Crippen molar-refractivity contribution in [1.82, 2.24) is 0 Å². The molecule has 0 saturated heterocycles. The second-order valence-corrected chi connectivity index (χ2v) is 9.70. The molecule has 6 heteroatoms. The fourth-order valence-electron chi connectivity index (χ4n) is 4.94. The zero-order valence-electron chi connectivity index (χ0n) is 15.4. The van der Waals surface area contributed by atoms with Crippen molar-refractivity contribution in [3.63, 3.8) is 0 Å². The van der Waals surface area contributed by atoms with Crippen LogP contribution in [0.2, 0.25) is 0 Å². The van der Waals surface area contributed by atoms with Crippen LogP contribution in [0.25, 0.3) is 0 Å². The summed E-state index contributed by atoms with van der Waals surface area (Å²) >= 11 is 2.37. The van der Waals surface area contributed by atoms with E-state index in [-0.39, 0.29) is 28.9 Å². The monoisotopic (exact) mass is 424 g/mol. The van der Waals surface area contributed by atoms with E-state index in [1.165, 1.54) is 23.5 Å². The Morgan fingerprint density at radius 3 is 1.40 bits per heavy atom. The number of rotatable bonds is 0. The number of allylic oxidation sites excluding steroid dienone is 1. The summed E-state index contributed by atoms with van der Waals surface area (Å²) in [6.45, 7) is 0. The van der Waals surface area contributed by atoms with E-state index in [2.05, 4.69) is 24.3 Å². The average Bonchev–Trinajstić information content (AvgIpc) is 3.23. The molecule has 1 heterocycles. The van der Waals surface area contributed by atoms with Gasteiger partial charge in [0.25, 0.3) is 0 Å². The molecule has 0 spiro atoms. The van der Waals surface area contributed by atoms with Crippen LogP contribution in [0.5, 0.6) is 11.5 Å². The van der Waals surface area contributed by atoms with Gasteiger partial charge >= 0.3 is 0 Å². The standard InChI is InChI=1S/C24H12N2O2S2/c25-9-11(10-26)24-29-22-20(27)18-16-12-5-1-2-6-13(12)17(15-8-4-3-7-14(15)16)19(18)21(28)23(22)30-24/h1-8,16-17,27-28H. The Bertz CT molecular complexity index is 1260. The third-order valence-electron chi connectivity index (χ3n) is 6.07. The fourth-order valence-corrected chi connectivity index (χ4v) is 7.41. The van der Waals surface area contributed by atoms with Crippen LogP contribution in [0, 0.1) is 22.7 Å². The number of fused-ring (bicyclic) bond motifs is 1. The predicted octanol–water partition coefficient (Wildman–Crippen LogP) is 5.54. The van der Waals surface area contributed by atoms with E-state index in [0.717, 1.165) is 33.4 Å². The average molecular weight is 425 g/mol. The van der Waals surface area contributed by atoms with Crippen molar-refractivity contribution in [3.8, 4) is 23.6 Å². The van der Waals surface area contributed by atoms with Crippen molar-refractivity contribution in [1.29, 1.82) is 10.5 Å². The van der Waals surface area contributed by atoms with Gasteiger partial charge in [-0.2, -0.15) is 10.5 Å². The van der Waals surface area contributed by atoms with E-state index in [1.807, 2.05) is 36.4 Å². The Balaban J connectivity index is 1.68. The van der Waals surface area contributed by atoms with Gasteiger partial charge in [-0.15, -0.1) is 0 Å². The van der Waals surface area contributed by atoms with Gasteiger partial charge in [0.05, 0.1) is 14.0 Å². The van der Waals surface area contributed by atoms with E-state index >= 15 is 0 Å². The second-order valence-electron chi connectivity index (χ2n) is 7.40. The number of phenols is 2. The van der Waals surface area contributed by atoms with Gasteiger partial charge in [-0.25, -0.2) is 0 Å². The lowest BCUT2D eigenvalue weighted by Crippen LogP contribution is -2.27. The quantitative estimate of drug-likeness (QED) is 0.251. The maximum atomic E-state index is 11.4. The van der Waals surface area contributed by atoms with Crippen molar-refractivity contribution in [3.05, 3.63) is 91.7 Å². The molecule has 0 atom stereocenters. The van der Waals surface area contributed by atoms with Crippen LogP contribution in [-0.2, 0) is 0 Å². The van der Waals surface area contributed by atoms with Crippen LogP contribution in [-0.4, -0.2) is 10.2 Å². The first-order valence-electron chi connectivity index (χ1n) is 9.35. The highest BCUT2D eigenvalue weighted by molar-refractivity contribution is 8.24. The Morgan fingerprint density at radius 1 is 0.700 bits per heavy atom. The van der Waals surface area contributed by atoms with E-state index in [0.29, 0.717) is 14.0 Å². The molecule has 2 bridgehead atoms. The molecular weight excluding hydrogens is 412 g/mol. The molecule has 7 rings (SSSR count). The highest BCUT2D eigenvalue weighted by Gasteiger charge is 2.46. The number of thioether (sulfide) groups is 2. The number of nitrogens with zero attached hydrogens (tertiary/aromatic N) is 2. The lowest BCUT2D eigenvalue weighted by atomic mass is 9.60. The summed E-state index contributed by atoms with van der Waals surface area (Å²) in [5.41, 5.74) is 6.03. The second kappa shape index (κ2) is 6.09. The number of nitriles is 2. The summed E-state index contributed by atoms with van der Waals surface area (Å²) in [5, 5.41) is 41.3. The smallest absolute Gasteiger partial charge is 0.150 e. The molecule has 4 aliphatic rings. The van der Waals surface area contributed by atoms with Gasteiger partial charge in [0.15, 0.2) is 0 Å². The van der Waals surface area contributed by atoms with Gasteiger partial charge in [0.1, 0.15) is 29.2 Å². The molecular formula is C24H12N2O2S2. The topological polar surface area (TPSA) is 88.0 Å². The van der Waals surface area contributed by atoms with E-state index in [9.17, 15) is 20.7 Å². The van der Waals surface area contributed by atoms with E-state index in [1.54, 1.807) is 0 Å². The minimum atomic E-state index is -0.168. The Labute approximate surface area is 181 Å². The third kappa shape index (κ3) is 2.02. The molecule has 0 saturated carbocycles. The number of benzene rings is 3. The first-order chi connectivity index (χ1) is 14.7. The molecule has 142 valence electrons. The Kier molecular flexibility index (Phi) is 3.56. The highest BCUT2D eigenvalue weighted by atomic mass is 32.2. The van der Waals surface area contributed by atoms with Crippen LogP contribution in [0.4, 0.5) is 0 Å². The lowest BCUT2D eigenvalue weighted by molar-refractivity contribution is 0.417. The van der Waals surface area contributed by atoms with Gasteiger partial charge in [0, 0.05) is 23.0 Å². The molecule has 3 aliphatic carbocycles. The maximum Gasteiger partial charge on any atom is 0.150 e. The molecule has 0 aromatic heterocycles. The van der Waals surface area contributed by atoms with Gasteiger partial charge in [0.2, 0.25) is 0 Å². The summed E-state index contributed by atoms with van der Waals surface area (Å²) in [6.07, 6.45) is 0. The van der Waals surface area contributed by atoms with Crippen LogP contribution < -0.4 is 0 Å². The van der Waals surface area contributed by atoms with Gasteiger partial charge in [-0.05, 0) is 22.3 Å². The van der Waals surface area contributed by atoms with Crippen LogP contribution in [0.1, 0.15) is 45.2 Å². The first-order valence-corrected chi connectivity index (χ1v) is 11.0. The van der Waals surface area contributed by atoms with E-state index < -0.39 is 0 Å². The molecule has 3 aromatic carbocycles. The zero-order valence-corrected chi connectivity index (χ0v) is 17.0. The summed E-state index contributed by atoms with van der Waals surface area (Å²) in [4.78, 5) is 1.05. The molecule has 0 radical (unpaired) electrons. The molecule has 2 N–H and O–H groups in total. The van der Waals surface area contributed by atoms with Crippen LogP contribution in [0.3, 0.4) is 0 Å². The molecule has 30 heavy (non-hydrogen) atoms. The molecule has 0 amide bonds. The van der Waals surface area contributed by atoms with Crippen molar-refractivity contribution in [2.45, 2.75) is 21.6 Å². The zero-order chi connectivity index (χ0) is 20.6. The van der Waals surface area contributed by atoms with Crippen molar-refractivity contribution < 1.29 is 10.2 Å².